The van der Waals surface area contributed by atoms with Crippen molar-refractivity contribution in [3.63, 3.8) is 0 Å². The normalized spacial score (nSPS) is 13.4. The zero-order valence-corrected chi connectivity index (χ0v) is 24.6. The molecular formula is C27H31Cl2OSiZr. The summed E-state index contributed by atoms with van der Waals surface area (Å²) < 4.78 is 6.08. The van der Waals surface area contributed by atoms with Crippen LogP contribution in [0.1, 0.15) is 44.2 Å². The van der Waals surface area contributed by atoms with E-state index in [0.29, 0.717) is 0 Å². The molecule has 0 spiro atoms. The predicted octanol–water partition coefficient (Wildman–Crippen LogP) is -0.466. The van der Waals surface area contributed by atoms with E-state index in [1.165, 1.54) is 48.7 Å². The average Bonchev–Trinajstić information content (AvgIpc) is 3.27. The minimum atomic E-state index is -1.44. The van der Waals surface area contributed by atoms with E-state index in [-0.39, 0.29) is 51.0 Å². The van der Waals surface area contributed by atoms with Gasteiger partial charge >= 0.3 is 26.2 Å². The number of fused-ring (bicyclic) bond motifs is 2. The zero-order chi connectivity index (χ0) is 20.6. The molecule has 0 amide bonds. The van der Waals surface area contributed by atoms with E-state index in [9.17, 15) is 0 Å². The molecule has 2 aromatic carbocycles. The van der Waals surface area contributed by atoms with Crippen molar-refractivity contribution in [2.24, 2.45) is 0 Å². The Bertz CT molecular complexity index is 1240. The second-order valence-corrected chi connectivity index (χ2v) is 13.8. The summed E-state index contributed by atoms with van der Waals surface area (Å²) in [5.74, 6) is 0. The Hall–Kier alpha value is -0.700. The molecule has 0 unspecified atom stereocenters. The van der Waals surface area contributed by atoms with Gasteiger partial charge < -0.3 is 29.2 Å². The van der Waals surface area contributed by atoms with Gasteiger partial charge in [0, 0.05) is 6.61 Å². The maximum absolute atomic E-state index is 6.08. The number of halogens is 2. The van der Waals surface area contributed by atoms with Crippen molar-refractivity contribution in [1.29, 1.82) is 0 Å². The average molecular weight is 562 g/mol. The molecular weight excluding hydrogens is 531 g/mol. The summed E-state index contributed by atoms with van der Waals surface area (Å²) in [4.78, 5) is 0. The van der Waals surface area contributed by atoms with Crippen LogP contribution in [0.5, 0.6) is 0 Å². The van der Waals surface area contributed by atoms with Gasteiger partial charge in [0.1, 0.15) is 0 Å². The SMILES string of the molecule is CC(C)=c1ccc2c(c1C1=C(CCCO[Si](C)(C)C)C=CC1)[C-]=c1ccccc1=2.[Cl-].[Cl-].[Zr+3]. The summed E-state index contributed by atoms with van der Waals surface area (Å²) >= 11 is 0. The van der Waals surface area contributed by atoms with Crippen LogP contribution in [0.15, 0.2) is 54.1 Å². The Morgan fingerprint density at radius 3 is 2.41 bits per heavy atom. The van der Waals surface area contributed by atoms with Crippen LogP contribution in [0, 0.1) is 10.4 Å². The monoisotopic (exact) mass is 559 g/mol. The zero-order valence-electron chi connectivity index (χ0n) is 19.6. The minimum Gasteiger partial charge on any atom is -1.00 e. The Labute approximate surface area is 225 Å². The van der Waals surface area contributed by atoms with E-state index in [1.807, 2.05) is 0 Å². The summed E-state index contributed by atoms with van der Waals surface area (Å²) in [6.07, 6.45) is 11.6. The van der Waals surface area contributed by atoms with Gasteiger partial charge in [-0.25, -0.2) is 0 Å². The predicted molar refractivity (Wildman–Crippen MR) is 126 cm³/mol. The molecule has 0 saturated heterocycles. The molecule has 1 nitrogen and oxygen atoms in total. The number of rotatable bonds is 6. The topological polar surface area (TPSA) is 9.23 Å². The fourth-order valence-electron chi connectivity index (χ4n) is 4.34. The summed E-state index contributed by atoms with van der Waals surface area (Å²) in [6, 6.07) is 13.2. The van der Waals surface area contributed by atoms with Crippen molar-refractivity contribution in [2.45, 2.75) is 52.8 Å². The second kappa shape index (κ2) is 12.1. The summed E-state index contributed by atoms with van der Waals surface area (Å²) in [6.45, 7) is 12.1. The van der Waals surface area contributed by atoms with Crippen molar-refractivity contribution >= 4 is 25.5 Å². The minimum absolute atomic E-state index is 0. The van der Waals surface area contributed by atoms with Crippen LogP contribution in [-0.2, 0) is 30.6 Å². The Kier molecular flexibility index (Phi) is 11.1. The third-order valence-corrected chi connectivity index (χ3v) is 6.75. The van der Waals surface area contributed by atoms with Gasteiger partial charge in [0.25, 0.3) is 0 Å². The number of hydrogen-bond donors (Lipinski definition) is 0. The van der Waals surface area contributed by atoms with E-state index in [0.717, 1.165) is 25.9 Å². The maximum Gasteiger partial charge on any atom is 3.00 e. The summed E-state index contributed by atoms with van der Waals surface area (Å²) in [5, 5.41) is 5.20. The standard InChI is InChI=1S/C27H31OSi.2ClH.Zr/c1-19(2)22-15-16-25-23-13-7-6-10-21(23)18-26(25)27(22)24-14-8-11-20(24)12-9-17-28-29(3,4)5;;;/h6-8,10-11,13,15-16H,9,12,14,17H2,1-5H3;2*1H;/q-1;;;+3/p-2. The molecule has 32 heavy (non-hydrogen) atoms. The van der Waals surface area contributed by atoms with Gasteiger partial charge in [0.05, 0.1) is 0 Å². The number of hydrogen-bond acceptors (Lipinski definition) is 1. The van der Waals surface area contributed by atoms with E-state index < -0.39 is 8.32 Å². The molecule has 0 N–H and O–H groups in total. The maximum atomic E-state index is 6.08. The van der Waals surface area contributed by atoms with Crippen LogP contribution in [0.2, 0.25) is 19.6 Å². The molecule has 2 aliphatic rings. The first-order valence-electron chi connectivity index (χ1n) is 10.7. The molecule has 1 radical (unpaired) electrons. The molecule has 5 heteroatoms. The molecule has 167 valence electrons. The van der Waals surface area contributed by atoms with Crippen LogP contribution in [0.3, 0.4) is 0 Å². The Morgan fingerprint density at radius 2 is 1.72 bits per heavy atom. The first-order valence-corrected chi connectivity index (χ1v) is 14.1. The van der Waals surface area contributed by atoms with Crippen molar-refractivity contribution < 1.29 is 55.4 Å². The van der Waals surface area contributed by atoms with Crippen molar-refractivity contribution in [3.05, 3.63) is 86.1 Å². The summed E-state index contributed by atoms with van der Waals surface area (Å²) in [5.41, 5.74) is 6.98. The van der Waals surface area contributed by atoms with Crippen LogP contribution in [0.4, 0.5) is 0 Å². The van der Waals surface area contributed by atoms with E-state index >= 15 is 0 Å². The molecule has 0 aliphatic heterocycles. The molecule has 0 aromatic heterocycles. The molecule has 2 aliphatic carbocycles. The van der Waals surface area contributed by atoms with Crippen LogP contribution < -0.4 is 35.3 Å². The van der Waals surface area contributed by atoms with Gasteiger partial charge in [0.2, 0.25) is 0 Å². The molecule has 0 fully saturated rings. The van der Waals surface area contributed by atoms with E-state index in [2.05, 4.69) is 88.1 Å². The molecule has 2 aromatic rings. The van der Waals surface area contributed by atoms with Crippen LogP contribution in [-0.4, -0.2) is 14.9 Å². The molecule has 4 rings (SSSR count). The fourth-order valence-corrected chi connectivity index (χ4v) is 5.09. The van der Waals surface area contributed by atoms with Gasteiger partial charge in [-0.3, -0.25) is 0 Å². The van der Waals surface area contributed by atoms with Gasteiger partial charge in [0.15, 0.2) is 8.32 Å². The van der Waals surface area contributed by atoms with E-state index in [4.69, 9.17) is 4.43 Å². The smallest absolute Gasteiger partial charge is 1.00 e. The van der Waals surface area contributed by atoms with Crippen LogP contribution >= 0.6 is 0 Å². The molecule has 0 saturated carbocycles. The van der Waals surface area contributed by atoms with Gasteiger partial charge in [-0.2, -0.15) is 0 Å². The largest absolute Gasteiger partial charge is 3.00 e. The third kappa shape index (κ3) is 6.24. The molecule has 0 atom stereocenters. The molecule has 0 heterocycles. The first kappa shape index (κ1) is 29.3. The van der Waals surface area contributed by atoms with Gasteiger partial charge in [-0.05, 0) is 52.8 Å². The Morgan fingerprint density at radius 1 is 1.00 bits per heavy atom. The third-order valence-electron chi connectivity index (χ3n) is 5.68. The quantitative estimate of drug-likeness (QED) is 0.225. The fraction of sp³-hybridized carbons (Fsp3) is 0.333. The van der Waals surface area contributed by atoms with Crippen molar-refractivity contribution in [1.82, 2.24) is 0 Å². The van der Waals surface area contributed by atoms with Gasteiger partial charge in [-0.15, -0.1) is 33.4 Å². The van der Waals surface area contributed by atoms with Crippen LogP contribution in [0.25, 0.3) is 17.2 Å². The number of benzene rings is 2. The van der Waals surface area contributed by atoms with Crippen molar-refractivity contribution in [3.8, 4) is 0 Å². The van der Waals surface area contributed by atoms with E-state index in [1.54, 1.807) is 0 Å². The van der Waals surface area contributed by atoms with Crippen molar-refractivity contribution in [2.75, 3.05) is 6.61 Å². The second-order valence-electron chi connectivity index (χ2n) is 9.26. The first-order chi connectivity index (χ1) is 13.8. The Balaban J connectivity index is 0.00000171. The number of allylic oxidation sites excluding steroid dienone is 4. The summed E-state index contributed by atoms with van der Waals surface area (Å²) in [7, 11) is -1.44. The molecule has 0 bridgehead atoms. The van der Waals surface area contributed by atoms with Gasteiger partial charge in [-0.1, -0.05) is 70.0 Å².